The first-order valence-electron chi connectivity index (χ1n) is 13.9. The average molecular weight is 517 g/mol. The molecule has 0 bridgehead atoms. The third-order valence-electron chi connectivity index (χ3n) is 7.99. The number of pyridine rings is 1. The molecule has 1 aliphatic carbocycles. The first-order valence-corrected chi connectivity index (χ1v) is 13.9. The number of piperidine rings is 1. The van der Waals surface area contributed by atoms with E-state index in [0.717, 1.165) is 49.4 Å². The van der Waals surface area contributed by atoms with Gasteiger partial charge in [-0.05, 0) is 78.8 Å². The standard InChI is InChI=1S/C30H40N6O2/c1-21-7-6-12-35(16-21)17-23-13-26(29(38)36(19-23)18-22-10-11-22)28(37)32-25-9-5-8-24(14-25)30(2,3)15-27-33-31-20-34(27)4/h5,8-9,13-14,19-22H,6-7,10-12,15-18H2,1-4H3,(H,32,37)/t21-/m0/s1. The first kappa shape index (κ1) is 26.4. The van der Waals surface area contributed by atoms with E-state index in [2.05, 4.69) is 47.3 Å². The van der Waals surface area contributed by atoms with Gasteiger partial charge in [-0.15, -0.1) is 10.2 Å². The Bertz CT molecular complexity index is 1350. The highest BCUT2D eigenvalue weighted by atomic mass is 16.2. The summed E-state index contributed by atoms with van der Waals surface area (Å²) < 4.78 is 3.70. The summed E-state index contributed by atoms with van der Waals surface area (Å²) in [5.74, 6) is 1.77. The van der Waals surface area contributed by atoms with Crippen molar-refractivity contribution in [3.8, 4) is 0 Å². The fourth-order valence-electron chi connectivity index (χ4n) is 5.53. The normalized spacial score (nSPS) is 18.5. The van der Waals surface area contributed by atoms with Crippen LogP contribution in [0.2, 0.25) is 0 Å². The third kappa shape index (κ3) is 6.23. The largest absolute Gasteiger partial charge is 0.322 e. The van der Waals surface area contributed by atoms with Gasteiger partial charge in [0.25, 0.3) is 11.5 Å². The molecule has 3 heterocycles. The maximum Gasteiger partial charge on any atom is 0.263 e. The molecule has 2 aliphatic rings. The van der Waals surface area contributed by atoms with Crippen LogP contribution in [-0.2, 0) is 32.0 Å². The number of rotatable bonds is 9. The zero-order valence-electron chi connectivity index (χ0n) is 23.1. The topological polar surface area (TPSA) is 85.1 Å². The molecular weight excluding hydrogens is 476 g/mol. The van der Waals surface area contributed by atoms with Crippen molar-refractivity contribution in [2.75, 3.05) is 18.4 Å². The first-order chi connectivity index (χ1) is 18.2. The van der Waals surface area contributed by atoms with Gasteiger partial charge < -0.3 is 14.5 Å². The van der Waals surface area contributed by atoms with Crippen molar-refractivity contribution in [1.82, 2.24) is 24.2 Å². The van der Waals surface area contributed by atoms with Gasteiger partial charge >= 0.3 is 0 Å². The number of hydrogen-bond acceptors (Lipinski definition) is 5. The molecule has 1 N–H and O–H groups in total. The number of carbonyl (C=O) groups excluding carboxylic acids is 1. The minimum atomic E-state index is -0.350. The van der Waals surface area contributed by atoms with Gasteiger partial charge in [0.2, 0.25) is 0 Å². The molecule has 38 heavy (non-hydrogen) atoms. The molecule has 1 amide bonds. The molecule has 202 valence electrons. The number of carbonyl (C=O) groups is 1. The van der Waals surface area contributed by atoms with Crippen LogP contribution in [0, 0.1) is 11.8 Å². The Labute approximate surface area is 225 Å². The number of anilines is 1. The maximum absolute atomic E-state index is 13.5. The number of aryl methyl sites for hydroxylation is 1. The second-order valence-corrected chi connectivity index (χ2v) is 12.1. The smallest absolute Gasteiger partial charge is 0.263 e. The summed E-state index contributed by atoms with van der Waals surface area (Å²) in [7, 11) is 1.94. The minimum Gasteiger partial charge on any atom is -0.322 e. The molecule has 1 aliphatic heterocycles. The number of likely N-dealkylation sites (tertiary alicyclic amines) is 1. The lowest BCUT2D eigenvalue weighted by Crippen LogP contribution is -2.35. The van der Waals surface area contributed by atoms with Crippen LogP contribution in [0.15, 0.2) is 47.7 Å². The number of nitrogens with zero attached hydrogens (tertiary/aromatic N) is 5. The van der Waals surface area contributed by atoms with Gasteiger partial charge in [0.05, 0.1) is 0 Å². The van der Waals surface area contributed by atoms with E-state index in [-0.39, 0.29) is 22.4 Å². The number of amides is 1. The highest BCUT2D eigenvalue weighted by Gasteiger charge is 2.26. The lowest BCUT2D eigenvalue weighted by molar-refractivity contribution is 0.102. The summed E-state index contributed by atoms with van der Waals surface area (Å²) in [5, 5.41) is 11.2. The highest BCUT2D eigenvalue weighted by molar-refractivity contribution is 6.04. The molecule has 1 saturated carbocycles. The molecular formula is C30H40N6O2. The Kier molecular flexibility index (Phi) is 7.52. The number of nitrogens with one attached hydrogen (secondary N) is 1. The lowest BCUT2D eigenvalue weighted by Gasteiger charge is -2.31. The Morgan fingerprint density at radius 2 is 2.00 bits per heavy atom. The van der Waals surface area contributed by atoms with Gasteiger partial charge in [0.1, 0.15) is 17.7 Å². The molecule has 1 saturated heterocycles. The Balaban J connectivity index is 1.37. The molecule has 5 rings (SSSR count). The molecule has 0 unspecified atom stereocenters. The van der Waals surface area contributed by atoms with Crippen LogP contribution in [0.3, 0.4) is 0 Å². The average Bonchev–Trinajstić information content (AvgIpc) is 3.61. The Hall–Kier alpha value is -3.26. The Morgan fingerprint density at radius 1 is 1.18 bits per heavy atom. The second-order valence-electron chi connectivity index (χ2n) is 12.1. The van der Waals surface area contributed by atoms with Gasteiger partial charge in [-0.2, -0.15) is 0 Å². The van der Waals surface area contributed by atoms with E-state index in [0.29, 0.717) is 30.5 Å². The van der Waals surface area contributed by atoms with Gasteiger partial charge in [-0.25, -0.2) is 0 Å². The van der Waals surface area contributed by atoms with Crippen molar-refractivity contribution in [2.24, 2.45) is 18.9 Å². The van der Waals surface area contributed by atoms with Crippen LogP contribution in [0.25, 0.3) is 0 Å². The van der Waals surface area contributed by atoms with Crippen molar-refractivity contribution in [1.29, 1.82) is 0 Å². The number of hydrogen-bond donors (Lipinski definition) is 1. The quantitative estimate of drug-likeness (QED) is 0.456. The molecule has 2 aromatic heterocycles. The lowest BCUT2D eigenvalue weighted by atomic mass is 9.81. The highest BCUT2D eigenvalue weighted by Crippen LogP contribution is 2.31. The van der Waals surface area contributed by atoms with Crippen molar-refractivity contribution in [3.63, 3.8) is 0 Å². The molecule has 1 aromatic carbocycles. The molecule has 3 aromatic rings. The predicted octanol–water partition coefficient (Wildman–Crippen LogP) is 4.39. The van der Waals surface area contributed by atoms with Crippen molar-refractivity contribution >= 4 is 11.6 Å². The van der Waals surface area contributed by atoms with E-state index < -0.39 is 0 Å². The van der Waals surface area contributed by atoms with Crippen molar-refractivity contribution < 1.29 is 4.79 Å². The fourth-order valence-corrected chi connectivity index (χ4v) is 5.53. The second kappa shape index (κ2) is 10.8. The summed E-state index contributed by atoms with van der Waals surface area (Å²) in [6.07, 6.45) is 9.16. The summed E-state index contributed by atoms with van der Waals surface area (Å²) in [6.45, 7) is 10.2. The molecule has 8 nitrogen and oxygen atoms in total. The number of benzene rings is 1. The van der Waals surface area contributed by atoms with E-state index in [1.165, 1.54) is 12.8 Å². The van der Waals surface area contributed by atoms with Crippen LogP contribution in [-0.4, -0.2) is 43.2 Å². The van der Waals surface area contributed by atoms with Crippen LogP contribution in [0.5, 0.6) is 0 Å². The minimum absolute atomic E-state index is 0.205. The van der Waals surface area contributed by atoms with Crippen molar-refractivity contribution in [2.45, 2.75) is 71.4 Å². The van der Waals surface area contributed by atoms with Crippen LogP contribution < -0.4 is 10.9 Å². The van der Waals surface area contributed by atoms with Crippen molar-refractivity contribution in [3.05, 3.63) is 75.7 Å². The van der Waals surface area contributed by atoms with E-state index >= 15 is 0 Å². The molecule has 1 atom stereocenters. The van der Waals surface area contributed by atoms with Gasteiger partial charge in [0, 0.05) is 45.0 Å². The van der Waals surface area contributed by atoms with Gasteiger partial charge in [0.15, 0.2) is 0 Å². The zero-order valence-corrected chi connectivity index (χ0v) is 23.1. The molecule has 0 radical (unpaired) electrons. The summed E-state index contributed by atoms with van der Waals surface area (Å²) in [4.78, 5) is 29.3. The van der Waals surface area contributed by atoms with Gasteiger partial charge in [-0.3, -0.25) is 14.5 Å². The molecule has 2 fully saturated rings. The van der Waals surface area contributed by atoms with E-state index in [9.17, 15) is 9.59 Å². The van der Waals surface area contributed by atoms with Crippen LogP contribution >= 0.6 is 0 Å². The fraction of sp³-hybridized carbons (Fsp3) is 0.533. The monoisotopic (exact) mass is 516 g/mol. The zero-order chi connectivity index (χ0) is 26.9. The summed E-state index contributed by atoms with van der Waals surface area (Å²) >= 11 is 0. The van der Waals surface area contributed by atoms with E-state index in [1.54, 1.807) is 10.9 Å². The summed E-state index contributed by atoms with van der Waals surface area (Å²) in [5.41, 5.74) is 2.59. The molecule has 8 heteroatoms. The predicted molar refractivity (Wildman–Crippen MR) is 149 cm³/mol. The van der Waals surface area contributed by atoms with Crippen LogP contribution in [0.1, 0.15) is 73.8 Å². The van der Waals surface area contributed by atoms with Gasteiger partial charge in [-0.1, -0.05) is 32.9 Å². The number of aromatic nitrogens is 4. The SMILES string of the molecule is C[C@H]1CCCN(Cc2cc(C(=O)Nc3cccc(C(C)(C)Cc4nncn4C)c3)c(=O)n(CC3CC3)c2)C1. The summed E-state index contributed by atoms with van der Waals surface area (Å²) in [6, 6.07) is 9.69. The maximum atomic E-state index is 13.5. The Morgan fingerprint density at radius 3 is 2.71 bits per heavy atom. The van der Waals surface area contributed by atoms with Crippen LogP contribution in [0.4, 0.5) is 5.69 Å². The van der Waals surface area contributed by atoms with E-state index in [1.807, 2.05) is 42.1 Å². The molecule has 0 spiro atoms. The third-order valence-corrected chi connectivity index (χ3v) is 7.99. The van der Waals surface area contributed by atoms with E-state index in [4.69, 9.17) is 0 Å².